The third kappa shape index (κ3) is 2.43. The molecule has 0 saturated heterocycles. The van der Waals surface area contributed by atoms with Crippen molar-refractivity contribution < 1.29 is 13.3 Å². The van der Waals surface area contributed by atoms with E-state index in [1.807, 2.05) is 24.3 Å². The van der Waals surface area contributed by atoms with Crippen LogP contribution >= 0.6 is 12.6 Å². The van der Waals surface area contributed by atoms with E-state index in [0.717, 1.165) is 10.8 Å². The molecule has 0 spiro atoms. The normalized spacial score (nSPS) is 11.7. The predicted octanol–water partition coefficient (Wildman–Crippen LogP) is 1.20. The number of benzene rings is 1. The summed E-state index contributed by atoms with van der Waals surface area (Å²) < 4.78 is 16.3. The van der Waals surface area contributed by atoms with Crippen LogP contribution in [0.4, 0.5) is 0 Å². The SMILES string of the molecule is CO[Si](OC)(OC)c1ccccc1CS. The van der Waals surface area contributed by atoms with E-state index in [1.54, 1.807) is 21.3 Å². The lowest BCUT2D eigenvalue weighted by atomic mass is 10.2. The van der Waals surface area contributed by atoms with Crippen LogP contribution < -0.4 is 5.19 Å². The summed E-state index contributed by atoms with van der Waals surface area (Å²) >= 11 is 4.28. The van der Waals surface area contributed by atoms with Crippen LogP contribution in [0.15, 0.2) is 24.3 Å². The van der Waals surface area contributed by atoms with Gasteiger partial charge in [0, 0.05) is 32.3 Å². The Balaban J connectivity index is 3.21. The second-order valence-corrected chi connectivity index (χ2v) is 6.18. The van der Waals surface area contributed by atoms with Gasteiger partial charge in [0.05, 0.1) is 0 Å². The van der Waals surface area contributed by atoms with Crippen LogP contribution in [0.25, 0.3) is 0 Å². The highest BCUT2D eigenvalue weighted by atomic mass is 32.1. The van der Waals surface area contributed by atoms with E-state index in [1.165, 1.54) is 0 Å². The van der Waals surface area contributed by atoms with Crippen molar-refractivity contribution in [2.24, 2.45) is 0 Å². The monoisotopic (exact) mass is 244 g/mol. The molecule has 3 nitrogen and oxygen atoms in total. The minimum atomic E-state index is -2.71. The van der Waals surface area contributed by atoms with Gasteiger partial charge in [0.1, 0.15) is 0 Å². The third-order valence-electron chi connectivity index (χ3n) is 2.32. The van der Waals surface area contributed by atoms with Crippen molar-refractivity contribution in [2.75, 3.05) is 21.3 Å². The van der Waals surface area contributed by atoms with Gasteiger partial charge in [0.15, 0.2) is 0 Å². The summed E-state index contributed by atoms with van der Waals surface area (Å²) in [5.41, 5.74) is 1.08. The molecule has 1 aromatic carbocycles. The van der Waals surface area contributed by atoms with Gasteiger partial charge in [-0.05, 0) is 5.56 Å². The molecule has 0 radical (unpaired) electrons. The standard InChI is InChI=1S/C10H16O3SSi/c1-11-15(12-2,13-3)10-7-5-4-6-9(10)8-14/h4-7,14H,8H2,1-3H3. The van der Waals surface area contributed by atoms with E-state index in [0.29, 0.717) is 5.75 Å². The van der Waals surface area contributed by atoms with Crippen molar-refractivity contribution in [3.8, 4) is 0 Å². The van der Waals surface area contributed by atoms with Crippen LogP contribution in [-0.2, 0) is 19.0 Å². The molecular weight excluding hydrogens is 228 g/mol. The third-order valence-corrected chi connectivity index (χ3v) is 5.42. The van der Waals surface area contributed by atoms with Gasteiger partial charge < -0.3 is 13.3 Å². The molecule has 0 bridgehead atoms. The molecule has 0 fully saturated rings. The minimum Gasteiger partial charge on any atom is -0.373 e. The Bertz CT molecular complexity index is 307. The molecular formula is C10H16O3SSi. The molecule has 0 aliphatic heterocycles. The lowest BCUT2D eigenvalue weighted by Crippen LogP contribution is -2.55. The maximum Gasteiger partial charge on any atom is 0.536 e. The Morgan fingerprint density at radius 1 is 1.07 bits per heavy atom. The lowest BCUT2D eigenvalue weighted by Gasteiger charge is -2.26. The second-order valence-electron chi connectivity index (χ2n) is 2.98. The zero-order valence-electron chi connectivity index (χ0n) is 9.19. The Labute approximate surface area is 97.1 Å². The number of hydrogen-bond donors (Lipinski definition) is 1. The number of rotatable bonds is 5. The first-order valence-electron chi connectivity index (χ1n) is 4.58. The number of thiol groups is 1. The van der Waals surface area contributed by atoms with Gasteiger partial charge in [0.2, 0.25) is 0 Å². The topological polar surface area (TPSA) is 27.7 Å². The molecule has 84 valence electrons. The molecule has 0 saturated carbocycles. The van der Waals surface area contributed by atoms with Crippen LogP contribution in [0.1, 0.15) is 5.56 Å². The minimum absolute atomic E-state index is 0.640. The van der Waals surface area contributed by atoms with E-state index in [4.69, 9.17) is 13.3 Å². The summed E-state index contributed by atoms with van der Waals surface area (Å²) in [5.74, 6) is 0.640. The van der Waals surface area contributed by atoms with Crippen LogP contribution in [0.2, 0.25) is 0 Å². The van der Waals surface area contributed by atoms with E-state index in [-0.39, 0.29) is 0 Å². The summed E-state index contributed by atoms with van der Waals surface area (Å²) in [5, 5.41) is 0.979. The fourth-order valence-corrected chi connectivity index (χ4v) is 3.99. The highest BCUT2D eigenvalue weighted by Crippen LogP contribution is 2.11. The van der Waals surface area contributed by atoms with Crippen LogP contribution in [0.5, 0.6) is 0 Å². The molecule has 5 heteroatoms. The van der Waals surface area contributed by atoms with E-state index in [2.05, 4.69) is 12.6 Å². The van der Waals surface area contributed by atoms with Crippen molar-refractivity contribution >= 4 is 26.6 Å². The molecule has 0 N–H and O–H groups in total. The summed E-state index contributed by atoms with van der Waals surface area (Å²) in [6, 6.07) is 7.88. The molecule has 0 aromatic heterocycles. The lowest BCUT2D eigenvalue weighted by molar-refractivity contribution is 0.140. The van der Waals surface area contributed by atoms with Crippen molar-refractivity contribution in [1.82, 2.24) is 0 Å². The highest BCUT2D eigenvalue weighted by molar-refractivity contribution is 7.79. The van der Waals surface area contributed by atoms with Crippen molar-refractivity contribution in [3.05, 3.63) is 29.8 Å². The molecule has 1 rings (SSSR count). The summed E-state index contributed by atoms with van der Waals surface area (Å²) in [6.07, 6.45) is 0. The average molecular weight is 244 g/mol. The molecule has 15 heavy (non-hydrogen) atoms. The van der Waals surface area contributed by atoms with E-state index < -0.39 is 8.80 Å². The van der Waals surface area contributed by atoms with Gasteiger partial charge in [0.25, 0.3) is 0 Å². The molecule has 0 aliphatic carbocycles. The van der Waals surface area contributed by atoms with Crippen molar-refractivity contribution in [2.45, 2.75) is 5.75 Å². The van der Waals surface area contributed by atoms with Gasteiger partial charge in [-0.3, -0.25) is 0 Å². The molecule has 0 atom stereocenters. The van der Waals surface area contributed by atoms with Gasteiger partial charge >= 0.3 is 8.80 Å². The Hall–Kier alpha value is -0.333. The second kappa shape index (κ2) is 5.67. The van der Waals surface area contributed by atoms with Crippen LogP contribution in [-0.4, -0.2) is 30.1 Å². The zero-order chi connectivity index (χ0) is 11.3. The van der Waals surface area contributed by atoms with Gasteiger partial charge in [-0.1, -0.05) is 24.3 Å². The van der Waals surface area contributed by atoms with E-state index >= 15 is 0 Å². The smallest absolute Gasteiger partial charge is 0.373 e. The Kier molecular flexibility index (Phi) is 4.81. The van der Waals surface area contributed by atoms with Gasteiger partial charge in [-0.2, -0.15) is 12.6 Å². The summed E-state index contributed by atoms with van der Waals surface area (Å²) in [6.45, 7) is 0. The fraction of sp³-hybridized carbons (Fsp3) is 0.400. The Morgan fingerprint density at radius 3 is 2.07 bits per heavy atom. The van der Waals surface area contributed by atoms with Crippen LogP contribution in [0.3, 0.4) is 0 Å². The number of hydrogen-bond acceptors (Lipinski definition) is 4. The average Bonchev–Trinajstić information content (AvgIpc) is 2.33. The molecule has 0 heterocycles. The van der Waals surface area contributed by atoms with E-state index in [9.17, 15) is 0 Å². The largest absolute Gasteiger partial charge is 0.536 e. The van der Waals surface area contributed by atoms with Gasteiger partial charge in [-0.25, -0.2) is 0 Å². The Morgan fingerprint density at radius 2 is 1.60 bits per heavy atom. The quantitative estimate of drug-likeness (QED) is 0.623. The van der Waals surface area contributed by atoms with Gasteiger partial charge in [-0.15, -0.1) is 0 Å². The summed E-state index contributed by atoms with van der Waals surface area (Å²) in [4.78, 5) is 0. The first kappa shape index (κ1) is 12.7. The maximum absolute atomic E-state index is 5.43. The van der Waals surface area contributed by atoms with Crippen molar-refractivity contribution in [1.29, 1.82) is 0 Å². The first-order chi connectivity index (χ1) is 7.24. The predicted molar refractivity (Wildman–Crippen MR) is 65.5 cm³/mol. The molecule has 1 aromatic rings. The van der Waals surface area contributed by atoms with Crippen molar-refractivity contribution in [3.63, 3.8) is 0 Å². The van der Waals surface area contributed by atoms with Crippen LogP contribution in [0, 0.1) is 0 Å². The molecule has 0 unspecified atom stereocenters. The zero-order valence-corrected chi connectivity index (χ0v) is 11.1. The molecule has 0 aliphatic rings. The first-order valence-corrected chi connectivity index (χ1v) is 6.94. The highest BCUT2D eigenvalue weighted by Gasteiger charge is 2.42. The maximum atomic E-state index is 5.43. The summed E-state index contributed by atoms with van der Waals surface area (Å²) in [7, 11) is 2.11. The fourth-order valence-electron chi connectivity index (χ4n) is 1.54. The molecule has 0 amide bonds.